The first-order valence-electron chi connectivity index (χ1n) is 3.63. The fourth-order valence-corrected chi connectivity index (χ4v) is 1.28. The highest BCUT2D eigenvalue weighted by Crippen LogP contribution is 2.12. The minimum Gasteiger partial charge on any atom is -0.360 e. The van der Waals surface area contributed by atoms with E-state index in [1.54, 1.807) is 7.11 Å². The number of carbonyl (C=O) groups is 1. The number of rotatable bonds is 2. The van der Waals surface area contributed by atoms with E-state index in [-0.39, 0.29) is 18.2 Å². The highest BCUT2D eigenvalue weighted by Gasteiger charge is 2.33. The van der Waals surface area contributed by atoms with Gasteiger partial charge in [-0.2, -0.15) is 0 Å². The van der Waals surface area contributed by atoms with Crippen LogP contribution in [0, 0.1) is 0 Å². The van der Waals surface area contributed by atoms with Gasteiger partial charge in [0.2, 0.25) is 5.91 Å². The molecule has 1 rings (SSSR count). The summed E-state index contributed by atoms with van der Waals surface area (Å²) in [6, 6.07) is 0.174. The molecule has 2 unspecified atom stereocenters. The number of amides is 1. The quantitative estimate of drug-likeness (QED) is 0.584. The van der Waals surface area contributed by atoms with Gasteiger partial charge in [-0.25, -0.2) is 0 Å². The highest BCUT2D eigenvalue weighted by atomic mass is 16.5. The average molecular weight is 158 g/mol. The lowest BCUT2D eigenvalue weighted by atomic mass is 10.2. The van der Waals surface area contributed by atoms with Crippen molar-refractivity contribution in [3.8, 4) is 0 Å². The first kappa shape index (κ1) is 8.49. The number of carbonyl (C=O) groups excluding carboxylic acids is 1. The molecule has 1 N–H and O–H groups in total. The minimum absolute atomic E-state index is 0.0653. The van der Waals surface area contributed by atoms with Gasteiger partial charge in [0, 0.05) is 13.5 Å². The number of likely N-dealkylation sites (N-methyl/N-ethyl adjacent to an activating group) is 1. The molecule has 11 heavy (non-hydrogen) atoms. The molecule has 1 heterocycles. The van der Waals surface area contributed by atoms with Crippen LogP contribution in [0.2, 0.25) is 0 Å². The van der Waals surface area contributed by atoms with Crippen LogP contribution in [0.1, 0.15) is 6.42 Å². The molecule has 0 spiro atoms. The summed E-state index contributed by atoms with van der Waals surface area (Å²) in [6.45, 7) is 0. The molecular weight excluding hydrogens is 144 g/mol. The normalized spacial score (nSPS) is 31.1. The molecule has 1 amide bonds. The van der Waals surface area contributed by atoms with Gasteiger partial charge in [-0.1, -0.05) is 0 Å². The first-order valence-corrected chi connectivity index (χ1v) is 3.63. The van der Waals surface area contributed by atoms with Crippen molar-refractivity contribution in [2.45, 2.75) is 18.7 Å². The van der Waals surface area contributed by atoms with Gasteiger partial charge in [0.05, 0.1) is 6.04 Å². The molecule has 4 nitrogen and oxygen atoms in total. The fourth-order valence-electron chi connectivity index (χ4n) is 1.28. The Kier molecular flexibility index (Phi) is 2.46. The van der Waals surface area contributed by atoms with Gasteiger partial charge in [0.25, 0.3) is 0 Å². The largest absolute Gasteiger partial charge is 0.360 e. The predicted molar refractivity (Wildman–Crippen MR) is 41.0 cm³/mol. The van der Waals surface area contributed by atoms with Crippen LogP contribution >= 0.6 is 0 Å². The maximum Gasteiger partial charge on any atom is 0.223 e. The second-order valence-electron chi connectivity index (χ2n) is 2.96. The van der Waals surface area contributed by atoms with Crippen molar-refractivity contribution in [1.29, 1.82) is 0 Å². The molecule has 1 aliphatic heterocycles. The van der Waals surface area contributed by atoms with Crippen molar-refractivity contribution >= 4 is 5.91 Å². The van der Waals surface area contributed by atoms with Crippen molar-refractivity contribution in [1.82, 2.24) is 10.2 Å². The van der Waals surface area contributed by atoms with Crippen molar-refractivity contribution in [3.05, 3.63) is 0 Å². The van der Waals surface area contributed by atoms with Crippen molar-refractivity contribution in [2.75, 3.05) is 21.2 Å². The van der Waals surface area contributed by atoms with E-state index in [1.165, 1.54) is 0 Å². The summed E-state index contributed by atoms with van der Waals surface area (Å²) in [5, 5.41) is 2.73. The SMILES string of the molecule is COC1NC(=O)CC1N(C)C. The van der Waals surface area contributed by atoms with Crippen molar-refractivity contribution in [3.63, 3.8) is 0 Å². The van der Waals surface area contributed by atoms with Crippen LogP contribution in [-0.4, -0.2) is 44.3 Å². The van der Waals surface area contributed by atoms with Gasteiger partial charge >= 0.3 is 0 Å². The van der Waals surface area contributed by atoms with E-state index in [0.29, 0.717) is 6.42 Å². The van der Waals surface area contributed by atoms with E-state index in [9.17, 15) is 4.79 Å². The van der Waals surface area contributed by atoms with Crippen LogP contribution in [0.3, 0.4) is 0 Å². The molecule has 0 aromatic rings. The molecule has 1 aliphatic rings. The van der Waals surface area contributed by atoms with Gasteiger partial charge in [0.1, 0.15) is 6.23 Å². The molecule has 0 aromatic carbocycles. The molecular formula is C7H14N2O2. The van der Waals surface area contributed by atoms with Gasteiger partial charge in [0.15, 0.2) is 0 Å². The monoisotopic (exact) mass is 158 g/mol. The summed E-state index contributed by atoms with van der Waals surface area (Å²) >= 11 is 0. The summed E-state index contributed by atoms with van der Waals surface area (Å²) in [5.74, 6) is 0.0653. The molecule has 4 heteroatoms. The number of methoxy groups -OCH3 is 1. The summed E-state index contributed by atoms with van der Waals surface area (Å²) in [7, 11) is 5.49. The molecule has 0 bridgehead atoms. The van der Waals surface area contributed by atoms with Gasteiger partial charge in [-0.05, 0) is 14.1 Å². The van der Waals surface area contributed by atoms with Crippen LogP contribution in [-0.2, 0) is 9.53 Å². The third kappa shape index (κ3) is 1.70. The number of hydrogen-bond acceptors (Lipinski definition) is 3. The summed E-state index contributed by atoms with van der Waals surface area (Å²) < 4.78 is 5.08. The Hall–Kier alpha value is -0.610. The second kappa shape index (κ2) is 3.19. The Morgan fingerprint density at radius 2 is 2.27 bits per heavy atom. The van der Waals surface area contributed by atoms with Gasteiger partial charge in [-0.15, -0.1) is 0 Å². The van der Waals surface area contributed by atoms with Crippen molar-refractivity contribution in [2.24, 2.45) is 0 Å². The second-order valence-corrected chi connectivity index (χ2v) is 2.96. The molecule has 1 saturated heterocycles. The number of hydrogen-bond donors (Lipinski definition) is 1. The van der Waals surface area contributed by atoms with E-state index in [0.717, 1.165) is 0 Å². The molecule has 64 valence electrons. The molecule has 0 aliphatic carbocycles. The van der Waals surface area contributed by atoms with Crippen LogP contribution in [0.5, 0.6) is 0 Å². The van der Waals surface area contributed by atoms with E-state index in [1.807, 2.05) is 19.0 Å². The van der Waals surface area contributed by atoms with E-state index >= 15 is 0 Å². The zero-order valence-corrected chi connectivity index (χ0v) is 7.13. The van der Waals surface area contributed by atoms with Gasteiger partial charge < -0.3 is 15.0 Å². The maximum absolute atomic E-state index is 10.9. The third-order valence-corrected chi connectivity index (χ3v) is 1.96. The lowest BCUT2D eigenvalue weighted by molar-refractivity contribution is -0.120. The number of ether oxygens (including phenoxy) is 1. The van der Waals surface area contributed by atoms with E-state index < -0.39 is 0 Å². The summed E-state index contributed by atoms with van der Waals surface area (Å²) in [6.07, 6.45) is 0.392. The Morgan fingerprint density at radius 3 is 2.64 bits per heavy atom. The topological polar surface area (TPSA) is 41.6 Å². The predicted octanol–water partition coefficient (Wildman–Crippen LogP) is -0.591. The highest BCUT2D eigenvalue weighted by molar-refractivity contribution is 5.79. The first-order chi connectivity index (χ1) is 5.15. The molecule has 1 fully saturated rings. The molecule has 0 aromatic heterocycles. The van der Waals surface area contributed by atoms with Gasteiger partial charge in [-0.3, -0.25) is 4.79 Å². The van der Waals surface area contributed by atoms with Crippen LogP contribution in [0.25, 0.3) is 0 Å². The maximum atomic E-state index is 10.9. The lowest BCUT2D eigenvalue weighted by Gasteiger charge is -2.23. The zero-order chi connectivity index (χ0) is 8.43. The van der Waals surface area contributed by atoms with Crippen LogP contribution in [0.4, 0.5) is 0 Å². The van der Waals surface area contributed by atoms with Crippen LogP contribution < -0.4 is 5.32 Å². The Bertz CT molecular complexity index is 159. The molecule has 0 saturated carbocycles. The summed E-state index contributed by atoms with van der Waals surface area (Å²) in [5.41, 5.74) is 0. The average Bonchev–Trinajstić information content (AvgIpc) is 2.30. The number of nitrogens with one attached hydrogen (secondary N) is 1. The lowest BCUT2D eigenvalue weighted by Crippen LogP contribution is -2.41. The standard InChI is InChI=1S/C7H14N2O2/c1-9(2)5-4-6(10)8-7(5)11-3/h5,7H,4H2,1-3H3,(H,8,10). The van der Waals surface area contributed by atoms with Crippen LogP contribution in [0.15, 0.2) is 0 Å². The zero-order valence-electron chi connectivity index (χ0n) is 7.13. The smallest absolute Gasteiger partial charge is 0.223 e. The Labute approximate surface area is 66.5 Å². The Morgan fingerprint density at radius 1 is 1.64 bits per heavy atom. The van der Waals surface area contributed by atoms with E-state index in [4.69, 9.17) is 4.74 Å². The summed E-state index contributed by atoms with van der Waals surface area (Å²) in [4.78, 5) is 12.9. The van der Waals surface area contributed by atoms with Crippen molar-refractivity contribution < 1.29 is 9.53 Å². The van der Waals surface area contributed by atoms with E-state index in [2.05, 4.69) is 5.32 Å². The fraction of sp³-hybridized carbons (Fsp3) is 0.857. The minimum atomic E-state index is -0.141. The molecule has 2 atom stereocenters. The molecule has 0 radical (unpaired) electrons. The third-order valence-electron chi connectivity index (χ3n) is 1.96. The number of nitrogens with zero attached hydrogens (tertiary/aromatic N) is 1. The Balaban J connectivity index is 2.57.